The van der Waals surface area contributed by atoms with E-state index in [2.05, 4.69) is 26.2 Å². The van der Waals surface area contributed by atoms with Crippen molar-refractivity contribution in [2.45, 2.75) is 0 Å². The lowest BCUT2D eigenvalue weighted by molar-refractivity contribution is -0.384. The number of carbonyl (C=O) groups is 1. The fraction of sp³-hybridized carbons (Fsp3) is 0. The zero-order chi connectivity index (χ0) is 13.8. The topological polar surface area (TPSA) is 85.1 Å². The van der Waals surface area contributed by atoms with Crippen LogP contribution in [0.2, 0.25) is 0 Å². The number of halogens is 1. The predicted molar refractivity (Wildman–Crippen MR) is 73.0 cm³/mol. The summed E-state index contributed by atoms with van der Waals surface area (Å²) in [7, 11) is 0. The molecule has 0 aliphatic rings. The van der Waals surface area contributed by atoms with Crippen molar-refractivity contribution in [3.63, 3.8) is 0 Å². The minimum absolute atomic E-state index is 0.0280. The van der Waals surface area contributed by atoms with Crippen LogP contribution >= 0.6 is 15.9 Å². The van der Waals surface area contributed by atoms with Crippen LogP contribution < -0.4 is 5.32 Å². The Bertz CT molecular complexity index is 611. The molecular weight excluding hydrogens is 314 g/mol. The van der Waals surface area contributed by atoms with Gasteiger partial charge < -0.3 is 5.32 Å². The molecule has 0 aliphatic heterocycles. The molecule has 1 aromatic heterocycles. The second-order valence-electron chi connectivity index (χ2n) is 3.62. The van der Waals surface area contributed by atoms with Crippen molar-refractivity contribution in [3.05, 3.63) is 62.9 Å². The number of hydrogen-bond donors (Lipinski definition) is 1. The van der Waals surface area contributed by atoms with Gasteiger partial charge in [0, 0.05) is 28.5 Å². The molecule has 1 heterocycles. The second-order valence-corrected chi connectivity index (χ2v) is 4.54. The maximum absolute atomic E-state index is 11.8. The number of anilines is 1. The summed E-state index contributed by atoms with van der Waals surface area (Å²) in [5, 5.41) is 13.1. The van der Waals surface area contributed by atoms with Crippen LogP contribution in [0.4, 0.5) is 11.4 Å². The van der Waals surface area contributed by atoms with E-state index in [1.165, 1.54) is 30.5 Å². The SMILES string of the molecule is O=C(Nc1ccc([N+](=O)[O-])cc1)c1ccc(Br)cn1. The molecule has 0 saturated carbocycles. The average Bonchev–Trinajstić information content (AvgIpc) is 2.40. The summed E-state index contributed by atoms with van der Waals surface area (Å²) in [5.74, 6) is -0.374. The maximum Gasteiger partial charge on any atom is 0.274 e. The number of rotatable bonds is 3. The summed E-state index contributed by atoms with van der Waals surface area (Å²) in [6.45, 7) is 0. The molecule has 0 spiro atoms. The Balaban J connectivity index is 2.10. The van der Waals surface area contributed by atoms with Crippen LogP contribution in [-0.2, 0) is 0 Å². The van der Waals surface area contributed by atoms with Gasteiger partial charge in [-0.15, -0.1) is 0 Å². The van der Waals surface area contributed by atoms with Crippen molar-refractivity contribution in [1.82, 2.24) is 4.98 Å². The lowest BCUT2D eigenvalue weighted by atomic mass is 10.2. The third kappa shape index (κ3) is 3.35. The van der Waals surface area contributed by atoms with Crippen molar-refractivity contribution in [2.75, 3.05) is 5.32 Å². The lowest BCUT2D eigenvalue weighted by Gasteiger charge is -2.04. The molecule has 0 fully saturated rings. The molecular formula is C12H8BrN3O3. The van der Waals surface area contributed by atoms with E-state index in [1.54, 1.807) is 12.1 Å². The molecule has 6 nitrogen and oxygen atoms in total. The number of aromatic nitrogens is 1. The van der Waals surface area contributed by atoms with Crippen LogP contribution in [0.3, 0.4) is 0 Å². The van der Waals surface area contributed by atoms with E-state index in [0.29, 0.717) is 5.69 Å². The third-order valence-electron chi connectivity index (χ3n) is 2.30. The Hall–Kier alpha value is -2.28. The highest BCUT2D eigenvalue weighted by Crippen LogP contribution is 2.16. The van der Waals surface area contributed by atoms with E-state index < -0.39 is 4.92 Å². The van der Waals surface area contributed by atoms with E-state index in [4.69, 9.17) is 0 Å². The Morgan fingerprint density at radius 1 is 1.21 bits per heavy atom. The first-order valence-corrected chi connectivity index (χ1v) is 6.03. The number of nitrogens with zero attached hydrogens (tertiary/aromatic N) is 2. The number of carbonyl (C=O) groups excluding carboxylic acids is 1. The molecule has 1 amide bonds. The number of nitrogens with one attached hydrogen (secondary N) is 1. The van der Waals surface area contributed by atoms with E-state index in [9.17, 15) is 14.9 Å². The molecule has 1 N–H and O–H groups in total. The van der Waals surface area contributed by atoms with Gasteiger partial charge in [-0.25, -0.2) is 4.98 Å². The van der Waals surface area contributed by atoms with Crippen molar-refractivity contribution in [2.24, 2.45) is 0 Å². The van der Waals surface area contributed by atoms with E-state index in [0.717, 1.165) is 4.47 Å². The quantitative estimate of drug-likeness (QED) is 0.695. The van der Waals surface area contributed by atoms with E-state index in [1.807, 2.05) is 0 Å². The molecule has 0 bridgehead atoms. The molecule has 19 heavy (non-hydrogen) atoms. The van der Waals surface area contributed by atoms with Crippen LogP contribution in [0.1, 0.15) is 10.5 Å². The Labute approximate surface area is 116 Å². The number of pyridine rings is 1. The normalized spacial score (nSPS) is 9.95. The summed E-state index contributed by atoms with van der Waals surface area (Å²) < 4.78 is 0.777. The average molecular weight is 322 g/mol. The first-order valence-electron chi connectivity index (χ1n) is 5.23. The summed E-state index contributed by atoms with van der Waals surface area (Å²) in [6, 6.07) is 8.86. The van der Waals surface area contributed by atoms with Gasteiger partial charge in [-0.2, -0.15) is 0 Å². The van der Waals surface area contributed by atoms with Gasteiger partial charge in [0.05, 0.1) is 4.92 Å². The standard InChI is InChI=1S/C12H8BrN3O3/c13-8-1-6-11(14-7-8)12(17)15-9-2-4-10(5-3-9)16(18)19/h1-7H,(H,15,17). The molecule has 0 saturated heterocycles. The monoisotopic (exact) mass is 321 g/mol. The van der Waals surface area contributed by atoms with Crippen molar-refractivity contribution in [3.8, 4) is 0 Å². The van der Waals surface area contributed by atoms with Crippen LogP contribution in [0, 0.1) is 10.1 Å². The largest absolute Gasteiger partial charge is 0.321 e. The van der Waals surface area contributed by atoms with Gasteiger partial charge in [-0.3, -0.25) is 14.9 Å². The van der Waals surface area contributed by atoms with Gasteiger partial charge in [0.15, 0.2) is 0 Å². The lowest BCUT2D eigenvalue weighted by Crippen LogP contribution is -2.13. The summed E-state index contributed by atoms with van der Waals surface area (Å²) in [5.41, 5.74) is 0.710. The van der Waals surface area contributed by atoms with Gasteiger partial charge >= 0.3 is 0 Å². The zero-order valence-corrected chi connectivity index (χ0v) is 11.1. The van der Waals surface area contributed by atoms with Crippen LogP contribution in [0.5, 0.6) is 0 Å². The highest BCUT2D eigenvalue weighted by Gasteiger charge is 2.09. The third-order valence-corrected chi connectivity index (χ3v) is 2.77. The Morgan fingerprint density at radius 3 is 2.42 bits per heavy atom. The first kappa shape index (κ1) is 13.2. The van der Waals surface area contributed by atoms with Crippen molar-refractivity contribution in [1.29, 1.82) is 0 Å². The van der Waals surface area contributed by atoms with Gasteiger partial charge in [0.1, 0.15) is 5.69 Å². The second kappa shape index (κ2) is 5.57. The van der Waals surface area contributed by atoms with Crippen molar-refractivity contribution >= 4 is 33.2 Å². The fourth-order valence-electron chi connectivity index (χ4n) is 1.37. The Morgan fingerprint density at radius 2 is 1.89 bits per heavy atom. The van der Waals surface area contributed by atoms with E-state index >= 15 is 0 Å². The molecule has 0 aliphatic carbocycles. The molecule has 2 aromatic rings. The molecule has 96 valence electrons. The van der Waals surface area contributed by atoms with Gasteiger partial charge in [-0.05, 0) is 40.2 Å². The molecule has 0 unspecified atom stereocenters. The van der Waals surface area contributed by atoms with Crippen LogP contribution in [0.25, 0.3) is 0 Å². The number of hydrogen-bond acceptors (Lipinski definition) is 4. The van der Waals surface area contributed by atoms with Crippen molar-refractivity contribution < 1.29 is 9.72 Å². The van der Waals surface area contributed by atoms with E-state index in [-0.39, 0.29) is 17.3 Å². The van der Waals surface area contributed by atoms with Gasteiger partial charge in [-0.1, -0.05) is 0 Å². The first-order chi connectivity index (χ1) is 9.06. The number of nitro groups is 1. The highest BCUT2D eigenvalue weighted by atomic mass is 79.9. The minimum atomic E-state index is -0.498. The molecule has 0 radical (unpaired) electrons. The summed E-state index contributed by atoms with van der Waals surface area (Å²) in [6.07, 6.45) is 1.52. The molecule has 1 aromatic carbocycles. The predicted octanol–water partition coefficient (Wildman–Crippen LogP) is 3.00. The molecule has 0 atom stereocenters. The minimum Gasteiger partial charge on any atom is -0.321 e. The summed E-state index contributed by atoms with van der Waals surface area (Å²) >= 11 is 3.22. The van der Waals surface area contributed by atoms with Gasteiger partial charge in [0.2, 0.25) is 0 Å². The van der Waals surface area contributed by atoms with Crippen LogP contribution in [0.15, 0.2) is 47.1 Å². The fourth-order valence-corrected chi connectivity index (χ4v) is 1.61. The zero-order valence-electron chi connectivity index (χ0n) is 9.54. The number of non-ortho nitro benzene ring substituents is 1. The van der Waals surface area contributed by atoms with Crippen LogP contribution in [-0.4, -0.2) is 15.8 Å². The Kier molecular flexibility index (Phi) is 3.86. The summed E-state index contributed by atoms with van der Waals surface area (Å²) in [4.78, 5) is 25.8. The number of benzene rings is 1. The number of amides is 1. The maximum atomic E-state index is 11.8. The van der Waals surface area contributed by atoms with Gasteiger partial charge in [0.25, 0.3) is 11.6 Å². The molecule has 7 heteroatoms. The number of nitro benzene ring substituents is 1. The highest BCUT2D eigenvalue weighted by molar-refractivity contribution is 9.10. The smallest absolute Gasteiger partial charge is 0.274 e. The molecule has 2 rings (SSSR count).